The van der Waals surface area contributed by atoms with Crippen molar-refractivity contribution in [3.8, 4) is 0 Å². The minimum absolute atomic E-state index is 0.0474. The molecule has 4 heteroatoms. The van der Waals surface area contributed by atoms with Gasteiger partial charge in [-0.15, -0.1) is 0 Å². The van der Waals surface area contributed by atoms with Gasteiger partial charge in [0.2, 0.25) is 5.91 Å². The van der Waals surface area contributed by atoms with E-state index in [1.165, 1.54) is 12.8 Å². The van der Waals surface area contributed by atoms with E-state index in [4.69, 9.17) is 11.6 Å². The number of hydrogen-bond acceptors (Lipinski definition) is 2. The summed E-state index contributed by atoms with van der Waals surface area (Å²) in [4.78, 5) is 14.1. The lowest BCUT2D eigenvalue weighted by molar-refractivity contribution is -0.122. The van der Waals surface area contributed by atoms with Crippen molar-refractivity contribution < 1.29 is 4.79 Å². The summed E-state index contributed by atoms with van der Waals surface area (Å²) in [6, 6.07) is 7.58. The highest BCUT2D eigenvalue weighted by atomic mass is 35.5. The van der Waals surface area contributed by atoms with Crippen LogP contribution in [0.25, 0.3) is 0 Å². The number of nitrogens with one attached hydrogen (secondary N) is 1. The minimum Gasteiger partial charge on any atom is -0.348 e. The summed E-state index contributed by atoms with van der Waals surface area (Å²) in [5.74, 6) is 0.0734. The van der Waals surface area contributed by atoms with E-state index in [-0.39, 0.29) is 11.9 Å². The maximum absolute atomic E-state index is 11.9. The lowest BCUT2D eigenvalue weighted by Gasteiger charge is -2.19. The summed E-state index contributed by atoms with van der Waals surface area (Å²) in [5, 5.41) is 3.70. The zero-order chi connectivity index (χ0) is 13.0. The van der Waals surface area contributed by atoms with Gasteiger partial charge >= 0.3 is 0 Å². The molecule has 1 amide bonds. The fourth-order valence-electron chi connectivity index (χ4n) is 2.33. The SMILES string of the molecule is CC(NC(=O)CN1CCCC1)c1ccccc1Cl. The van der Waals surface area contributed by atoms with E-state index in [9.17, 15) is 4.79 Å². The molecular weight excluding hydrogens is 248 g/mol. The standard InChI is InChI=1S/C14H19ClN2O/c1-11(12-6-2-3-7-13(12)15)16-14(18)10-17-8-4-5-9-17/h2-3,6-7,11H,4-5,8-10H2,1H3,(H,16,18). The molecule has 0 spiro atoms. The zero-order valence-electron chi connectivity index (χ0n) is 10.7. The van der Waals surface area contributed by atoms with Crippen molar-refractivity contribution in [1.82, 2.24) is 10.2 Å². The molecule has 1 aliphatic rings. The molecule has 0 radical (unpaired) electrons. The number of halogens is 1. The van der Waals surface area contributed by atoms with Crippen LogP contribution in [-0.4, -0.2) is 30.4 Å². The van der Waals surface area contributed by atoms with E-state index in [0.717, 1.165) is 18.7 Å². The summed E-state index contributed by atoms with van der Waals surface area (Å²) in [6.45, 7) is 4.53. The predicted octanol–water partition coefficient (Wildman–Crippen LogP) is 2.61. The molecule has 98 valence electrons. The number of rotatable bonds is 4. The van der Waals surface area contributed by atoms with Crippen LogP contribution < -0.4 is 5.32 Å². The number of amides is 1. The van der Waals surface area contributed by atoms with Crippen molar-refractivity contribution in [2.45, 2.75) is 25.8 Å². The van der Waals surface area contributed by atoms with Crippen LogP contribution in [-0.2, 0) is 4.79 Å². The molecule has 1 saturated heterocycles. The first-order valence-electron chi connectivity index (χ1n) is 6.43. The molecule has 0 aromatic heterocycles. The smallest absolute Gasteiger partial charge is 0.234 e. The van der Waals surface area contributed by atoms with Gasteiger partial charge in [0.15, 0.2) is 0 Å². The second-order valence-electron chi connectivity index (χ2n) is 4.79. The Labute approximate surface area is 113 Å². The molecule has 1 N–H and O–H groups in total. The van der Waals surface area contributed by atoms with Crippen LogP contribution in [0.15, 0.2) is 24.3 Å². The summed E-state index contributed by atoms with van der Waals surface area (Å²) in [6.07, 6.45) is 2.40. The van der Waals surface area contributed by atoms with Gasteiger partial charge in [0.25, 0.3) is 0 Å². The molecule has 1 aromatic rings. The molecule has 1 fully saturated rings. The van der Waals surface area contributed by atoms with Crippen molar-refractivity contribution in [3.63, 3.8) is 0 Å². The third-order valence-corrected chi connectivity index (χ3v) is 3.66. The van der Waals surface area contributed by atoms with Gasteiger partial charge in [0.05, 0.1) is 12.6 Å². The van der Waals surface area contributed by atoms with Crippen molar-refractivity contribution in [1.29, 1.82) is 0 Å². The van der Waals surface area contributed by atoms with Gasteiger partial charge in [-0.25, -0.2) is 0 Å². The molecule has 0 bridgehead atoms. The highest BCUT2D eigenvalue weighted by Gasteiger charge is 2.17. The number of likely N-dealkylation sites (tertiary alicyclic amines) is 1. The first kappa shape index (κ1) is 13.4. The Balaban J connectivity index is 1.88. The summed E-state index contributed by atoms with van der Waals surface area (Å²) in [5.41, 5.74) is 0.967. The molecule has 0 saturated carbocycles. The average Bonchev–Trinajstić information content (AvgIpc) is 2.82. The van der Waals surface area contributed by atoms with Crippen LogP contribution in [0.3, 0.4) is 0 Å². The molecule has 2 rings (SSSR count). The maximum atomic E-state index is 11.9. The van der Waals surface area contributed by atoms with Gasteiger partial charge in [-0.2, -0.15) is 0 Å². The van der Waals surface area contributed by atoms with Crippen molar-refractivity contribution in [2.24, 2.45) is 0 Å². The molecule has 1 aliphatic heterocycles. The van der Waals surface area contributed by atoms with Crippen molar-refractivity contribution >= 4 is 17.5 Å². The van der Waals surface area contributed by atoms with Crippen molar-refractivity contribution in [2.75, 3.05) is 19.6 Å². The Morgan fingerprint density at radius 3 is 2.72 bits per heavy atom. The van der Waals surface area contributed by atoms with E-state index >= 15 is 0 Å². The molecule has 0 aliphatic carbocycles. The van der Waals surface area contributed by atoms with Crippen LogP contribution >= 0.6 is 11.6 Å². The van der Waals surface area contributed by atoms with Crippen LogP contribution in [0.1, 0.15) is 31.4 Å². The normalized spacial score (nSPS) is 17.7. The molecule has 1 heterocycles. The van der Waals surface area contributed by atoms with Crippen LogP contribution in [0, 0.1) is 0 Å². The highest BCUT2D eigenvalue weighted by molar-refractivity contribution is 6.31. The summed E-state index contributed by atoms with van der Waals surface area (Å²) >= 11 is 6.11. The number of carbonyl (C=O) groups excluding carboxylic acids is 1. The topological polar surface area (TPSA) is 32.3 Å². The number of hydrogen-bond donors (Lipinski definition) is 1. The van der Waals surface area contributed by atoms with Gasteiger partial charge in [-0.05, 0) is 44.5 Å². The van der Waals surface area contributed by atoms with Gasteiger partial charge in [0, 0.05) is 5.02 Å². The monoisotopic (exact) mass is 266 g/mol. The maximum Gasteiger partial charge on any atom is 0.234 e. The lowest BCUT2D eigenvalue weighted by Crippen LogP contribution is -2.37. The Morgan fingerprint density at radius 2 is 2.06 bits per heavy atom. The number of carbonyl (C=O) groups is 1. The largest absolute Gasteiger partial charge is 0.348 e. The van der Waals surface area contributed by atoms with Crippen LogP contribution in [0.2, 0.25) is 5.02 Å². The Bertz CT molecular complexity index is 416. The first-order chi connectivity index (χ1) is 8.66. The van der Waals surface area contributed by atoms with E-state index < -0.39 is 0 Å². The van der Waals surface area contributed by atoms with Crippen LogP contribution in [0.4, 0.5) is 0 Å². The van der Waals surface area contributed by atoms with Crippen molar-refractivity contribution in [3.05, 3.63) is 34.9 Å². The fraction of sp³-hybridized carbons (Fsp3) is 0.500. The fourth-order valence-corrected chi connectivity index (χ4v) is 2.63. The van der Waals surface area contributed by atoms with E-state index in [2.05, 4.69) is 10.2 Å². The minimum atomic E-state index is -0.0474. The number of nitrogens with zero attached hydrogens (tertiary/aromatic N) is 1. The third kappa shape index (κ3) is 3.47. The van der Waals surface area contributed by atoms with Gasteiger partial charge in [-0.1, -0.05) is 29.8 Å². The first-order valence-corrected chi connectivity index (χ1v) is 6.81. The summed E-state index contributed by atoms with van der Waals surface area (Å²) in [7, 11) is 0. The van der Waals surface area contributed by atoms with Crippen LogP contribution in [0.5, 0.6) is 0 Å². The summed E-state index contributed by atoms with van der Waals surface area (Å²) < 4.78 is 0. The Morgan fingerprint density at radius 1 is 1.39 bits per heavy atom. The molecular formula is C14H19ClN2O. The second kappa shape index (κ2) is 6.21. The number of benzene rings is 1. The Kier molecular flexibility index (Phi) is 4.61. The van der Waals surface area contributed by atoms with E-state index in [1.807, 2.05) is 31.2 Å². The van der Waals surface area contributed by atoms with Gasteiger partial charge in [-0.3, -0.25) is 9.69 Å². The Hall–Kier alpha value is -1.06. The lowest BCUT2D eigenvalue weighted by atomic mass is 10.1. The molecule has 3 nitrogen and oxygen atoms in total. The highest BCUT2D eigenvalue weighted by Crippen LogP contribution is 2.22. The van der Waals surface area contributed by atoms with Gasteiger partial charge in [0.1, 0.15) is 0 Å². The molecule has 1 aromatic carbocycles. The quantitative estimate of drug-likeness (QED) is 0.909. The van der Waals surface area contributed by atoms with E-state index in [0.29, 0.717) is 11.6 Å². The van der Waals surface area contributed by atoms with E-state index in [1.54, 1.807) is 0 Å². The third-order valence-electron chi connectivity index (χ3n) is 3.32. The molecule has 18 heavy (non-hydrogen) atoms. The molecule has 1 unspecified atom stereocenters. The van der Waals surface area contributed by atoms with Gasteiger partial charge < -0.3 is 5.32 Å². The second-order valence-corrected chi connectivity index (χ2v) is 5.20. The average molecular weight is 267 g/mol. The molecule has 1 atom stereocenters. The zero-order valence-corrected chi connectivity index (χ0v) is 11.4. The predicted molar refractivity (Wildman–Crippen MR) is 73.7 cm³/mol.